The number of likely N-dealkylation sites (tertiary alicyclic amines) is 1. The second kappa shape index (κ2) is 15.6. The molecule has 2 aliphatic heterocycles. The molecule has 0 aromatic heterocycles. The Morgan fingerprint density at radius 1 is 1.19 bits per heavy atom. The molecule has 1 aromatic carbocycles. The van der Waals surface area contributed by atoms with E-state index in [1.54, 1.807) is 26.2 Å². The molecule has 1 saturated heterocycles. The summed E-state index contributed by atoms with van der Waals surface area (Å²) in [5.74, 6) is 0.505. The normalized spacial score (nSPS) is 20.5. The molecule has 0 saturated carbocycles. The van der Waals surface area contributed by atoms with Gasteiger partial charge in [0.1, 0.15) is 0 Å². The number of hydrogen-bond donors (Lipinski definition) is 2. The molecule has 3 amide bonds. The van der Waals surface area contributed by atoms with Gasteiger partial charge >= 0.3 is 6.03 Å². The summed E-state index contributed by atoms with van der Waals surface area (Å²) in [6, 6.07) is 3.85. The van der Waals surface area contributed by atoms with Crippen molar-refractivity contribution in [2.45, 2.75) is 66.5 Å². The van der Waals surface area contributed by atoms with Gasteiger partial charge in [0.2, 0.25) is 0 Å². The highest BCUT2D eigenvalue weighted by Crippen LogP contribution is 2.41. The van der Waals surface area contributed by atoms with Crippen molar-refractivity contribution in [1.29, 1.82) is 0 Å². The van der Waals surface area contributed by atoms with Crippen LogP contribution < -0.4 is 15.5 Å². The summed E-state index contributed by atoms with van der Waals surface area (Å²) in [6.45, 7) is 15.8. The largest absolute Gasteiger partial charge is 0.345 e. The maximum atomic E-state index is 13.3. The molecule has 2 aliphatic rings. The molecule has 0 radical (unpaired) electrons. The average Bonchev–Trinajstić information content (AvgIpc) is 2.94. The van der Waals surface area contributed by atoms with Crippen molar-refractivity contribution in [3.8, 4) is 0 Å². The van der Waals surface area contributed by atoms with Crippen LogP contribution in [0.3, 0.4) is 0 Å². The second-order valence-electron chi connectivity index (χ2n) is 11.5. The van der Waals surface area contributed by atoms with Crippen LogP contribution >= 0.6 is 34.8 Å². The molecule has 0 bridgehead atoms. The van der Waals surface area contributed by atoms with E-state index in [2.05, 4.69) is 42.4 Å². The fourth-order valence-electron chi connectivity index (χ4n) is 5.86. The van der Waals surface area contributed by atoms with Crippen LogP contribution in [0, 0.1) is 5.92 Å². The topological polar surface area (TPSA) is 67.9 Å². The van der Waals surface area contributed by atoms with Crippen molar-refractivity contribution in [2.24, 2.45) is 5.92 Å². The summed E-state index contributed by atoms with van der Waals surface area (Å²) in [4.78, 5) is 31.3. The number of halogens is 3. The van der Waals surface area contributed by atoms with Crippen LogP contribution in [0.5, 0.6) is 0 Å². The molecular formula is C33H46Cl3N5O2. The zero-order chi connectivity index (χ0) is 32.0. The van der Waals surface area contributed by atoms with Crippen LogP contribution in [-0.2, 0) is 0 Å². The zero-order valence-corrected chi connectivity index (χ0v) is 28.9. The Morgan fingerprint density at radius 2 is 1.84 bits per heavy atom. The summed E-state index contributed by atoms with van der Waals surface area (Å²) < 4.78 is 0. The van der Waals surface area contributed by atoms with Gasteiger partial charge < -0.3 is 15.5 Å². The van der Waals surface area contributed by atoms with Gasteiger partial charge in [-0.3, -0.25) is 14.6 Å². The van der Waals surface area contributed by atoms with E-state index in [9.17, 15) is 9.59 Å². The number of urea groups is 1. The summed E-state index contributed by atoms with van der Waals surface area (Å²) >= 11 is 20.1. The van der Waals surface area contributed by atoms with Gasteiger partial charge in [-0.2, -0.15) is 0 Å². The van der Waals surface area contributed by atoms with Crippen LogP contribution in [0.15, 0.2) is 57.8 Å². The number of nitrogens with zero attached hydrogens (tertiary/aromatic N) is 3. The Labute approximate surface area is 272 Å². The van der Waals surface area contributed by atoms with Gasteiger partial charge in [0.05, 0.1) is 15.7 Å². The van der Waals surface area contributed by atoms with E-state index in [0.29, 0.717) is 40.6 Å². The summed E-state index contributed by atoms with van der Waals surface area (Å²) in [6.07, 6.45) is 8.02. The molecule has 3 rings (SSSR count). The van der Waals surface area contributed by atoms with E-state index in [1.807, 2.05) is 32.9 Å². The maximum absolute atomic E-state index is 13.3. The maximum Gasteiger partial charge on any atom is 0.326 e. The Morgan fingerprint density at radius 3 is 2.37 bits per heavy atom. The minimum atomic E-state index is -0.349. The average molecular weight is 651 g/mol. The van der Waals surface area contributed by atoms with Crippen molar-refractivity contribution in [3.05, 3.63) is 73.4 Å². The number of nitrogens with one attached hydrogen (secondary N) is 2. The van der Waals surface area contributed by atoms with Crippen LogP contribution in [0.2, 0.25) is 10.0 Å². The molecule has 43 heavy (non-hydrogen) atoms. The standard InChI is InChI=1S/C33H46Cl3N5O2/c1-9-22-19-40(20(4)5)30(22)18-37-14-12-13-25(24(10-2)27(34)11-3)26-17-38-33(43)41(21(26)6)31-28(35)15-23(16-29(31)36)32(42)39(7)8/h10-11,13,15-16,20,22,30,37H,9,12,14,17-19H2,1-8H3,(H,38,43)/b24-10-,25-13-,27-11+. The van der Waals surface area contributed by atoms with E-state index in [0.717, 1.165) is 42.1 Å². The molecule has 236 valence electrons. The lowest BCUT2D eigenvalue weighted by Gasteiger charge is -2.50. The predicted octanol–water partition coefficient (Wildman–Crippen LogP) is 7.61. The first-order valence-electron chi connectivity index (χ1n) is 15.0. The van der Waals surface area contributed by atoms with Gasteiger partial charge in [-0.1, -0.05) is 66.4 Å². The highest BCUT2D eigenvalue weighted by atomic mass is 35.5. The molecule has 7 nitrogen and oxygen atoms in total. The number of hydrogen-bond acceptors (Lipinski definition) is 4. The third-order valence-electron chi connectivity index (χ3n) is 8.33. The van der Waals surface area contributed by atoms with Gasteiger partial charge in [-0.05, 0) is 82.4 Å². The van der Waals surface area contributed by atoms with Crippen molar-refractivity contribution >= 4 is 52.4 Å². The number of anilines is 1. The summed E-state index contributed by atoms with van der Waals surface area (Å²) in [5.41, 5.74) is 4.09. The van der Waals surface area contributed by atoms with E-state index < -0.39 is 0 Å². The number of carbonyl (C=O) groups is 2. The molecular weight excluding hydrogens is 605 g/mol. The first-order chi connectivity index (χ1) is 20.4. The molecule has 2 heterocycles. The van der Waals surface area contributed by atoms with E-state index in [1.165, 1.54) is 22.8 Å². The quantitative estimate of drug-likeness (QED) is 0.181. The Balaban J connectivity index is 1.95. The molecule has 1 fully saturated rings. The fourth-order valence-corrected chi connectivity index (χ4v) is 6.73. The highest BCUT2D eigenvalue weighted by molar-refractivity contribution is 6.40. The number of carbonyl (C=O) groups excluding carboxylic acids is 2. The number of allylic oxidation sites excluding steroid dienone is 5. The van der Waals surface area contributed by atoms with E-state index in [-0.39, 0.29) is 22.0 Å². The minimum absolute atomic E-state index is 0.206. The van der Waals surface area contributed by atoms with E-state index in [4.69, 9.17) is 34.8 Å². The predicted molar refractivity (Wildman–Crippen MR) is 181 cm³/mol. The minimum Gasteiger partial charge on any atom is -0.345 e. The van der Waals surface area contributed by atoms with Gasteiger partial charge in [-0.15, -0.1) is 0 Å². The third kappa shape index (κ3) is 7.87. The third-order valence-corrected chi connectivity index (χ3v) is 9.32. The van der Waals surface area contributed by atoms with Gasteiger partial charge in [0.15, 0.2) is 0 Å². The number of benzene rings is 1. The molecule has 0 spiro atoms. The first-order valence-corrected chi connectivity index (χ1v) is 16.1. The summed E-state index contributed by atoms with van der Waals surface area (Å²) in [7, 11) is 3.31. The van der Waals surface area contributed by atoms with Gasteiger partial charge in [0, 0.05) is 62.1 Å². The molecule has 2 unspecified atom stereocenters. The van der Waals surface area contributed by atoms with Crippen molar-refractivity contribution < 1.29 is 9.59 Å². The lowest BCUT2D eigenvalue weighted by atomic mass is 9.85. The SMILES string of the molecule is C/C=C(C(\Cl)=C/C)/C(=C/CCNCC1C(CC)CN1C(C)C)C1=C(C)N(c2c(Cl)cc(C(=O)N(C)C)cc2Cl)C(=O)NC1. The van der Waals surface area contributed by atoms with Crippen LogP contribution in [-0.4, -0.2) is 74.1 Å². The number of rotatable bonds is 12. The molecule has 2 N–H and O–H groups in total. The lowest BCUT2D eigenvalue weighted by molar-refractivity contribution is -0.0122. The smallest absolute Gasteiger partial charge is 0.326 e. The van der Waals surface area contributed by atoms with Gasteiger partial charge in [0.25, 0.3) is 5.91 Å². The second-order valence-corrected chi connectivity index (χ2v) is 12.7. The first kappa shape index (κ1) is 35.2. The highest BCUT2D eigenvalue weighted by Gasteiger charge is 2.38. The van der Waals surface area contributed by atoms with Crippen LogP contribution in [0.4, 0.5) is 10.5 Å². The fraction of sp³-hybridized carbons (Fsp3) is 0.515. The van der Waals surface area contributed by atoms with Crippen LogP contribution in [0.1, 0.15) is 64.7 Å². The van der Waals surface area contributed by atoms with Crippen LogP contribution in [0.25, 0.3) is 0 Å². The monoisotopic (exact) mass is 649 g/mol. The van der Waals surface area contributed by atoms with Gasteiger partial charge in [-0.25, -0.2) is 4.79 Å². The van der Waals surface area contributed by atoms with E-state index >= 15 is 0 Å². The number of amides is 3. The van der Waals surface area contributed by atoms with Crippen molar-refractivity contribution in [3.63, 3.8) is 0 Å². The molecule has 10 heteroatoms. The molecule has 2 atom stereocenters. The molecule has 1 aromatic rings. The zero-order valence-electron chi connectivity index (χ0n) is 26.7. The van der Waals surface area contributed by atoms with Crippen molar-refractivity contribution in [2.75, 3.05) is 45.2 Å². The lowest BCUT2D eigenvalue weighted by Crippen LogP contribution is -2.62. The Bertz CT molecular complexity index is 1310. The Kier molecular flexibility index (Phi) is 12.8. The molecule has 0 aliphatic carbocycles. The Hall–Kier alpha value is -2.29. The van der Waals surface area contributed by atoms with Crippen molar-refractivity contribution in [1.82, 2.24) is 20.4 Å². The summed E-state index contributed by atoms with van der Waals surface area (Å²) in [5, 5.41) is 7.69.